The summed E-state index contributed by atoms with van der Waals surface area (Å²) >= 11 is 0. The van der Waals surface area contributed by atoms with Crippen LogP contribution in [0.5, 0.6) is 0 Å². The number of nitrogens with zero attached hydrogens (tertiary/aromatic N) is 2. The van der Waals surface area contributed by atoms with E-state index >= 15 is 0 Å². The number of anilines is 1. The van der Waals surface area contributed by atoms with Gasteiger partial charge in [0.15, 0.2) is 0 Å². The van der Waals surface area contributed by atoms with Crippen LogP contribution in [0.2, 0.25) is 0 Å². The van der Waals surface area contributed by atoms with Crippen molar-refractivity contribution in [3.63, 3.8) is 0 Å². The van der Waals surface area contributed by atoms with Gasteiger partial charge in [-0.15, -0.1) is 0 Å². The van der Waals surface area contributed by atoms with Crippen LogP contribution in [0.1, 0.15) is 17.8 Å². The molecule has 2 amide bonds. The number of aryl methyl sites for hydroxylation is 1. The minimum absolute atomic E-state index is 0.212. The van der Waals surface area contributed by atoms with Gasteiger partial charge in [-0.3, -0.25) is 0 Å². The lowest BCUT2D eigenvalue weighted by Gasteiger charge is -2.11. The van der Waals surface area contributed by atoms with Crippen LogP contribution in [0.25, 0.3) is 22.0 Å². The van der Waals surface area contributed by atoms with E-state index in [0.29, 0.717) is 6.54 Å². The number of hydrogen-bond acceptors (Lipinski definition) is 2. The Kier molecular flexibility index (Phi) is 4.48. The Morgan fingerprint density at radius 1 is 1.00 bits per heavy atom. The molecule has 0 spiro atoms. The van der Waals surface area contributed by atoms with Crippen LogP contribution in [0.4, 0.5) is 10.5 Å². The summed E-state index contributed by atoms with van der Waals surface area (Å²) in [5, 5.41) is 8.20. The standard InChI is InChI=1S/C24H22N4O/c29-24(26-15-19-7-3-6-17-5-1-2-8-21(17)19)27-20-12-10-18(11-13-20)22-16-25-23-9-4-14-28(22)23/h1-3,5-8,10-13,16H,4,9,14-15H2,(H2,26,27,29). The van der Waals surface area contributed by atoms with Crippen molar-refractivity contribution in [1.82, 2.24) is 14.9 Å². The predicted molar refractivity (Wildman–Crippen MR) is 116 cm³/mol. The highest BCUT2D eigenvalue weighted by Crippen LogP contribution is 2.26. The first-order chi connectivity index (χ1) is 14.3. The van der Waals surface area contributed by atoms with Crippen molar-refractivity contribution >= 4 is 22.5 Å². The number of aromatic nitrogens is 2. The third kappa shape index (κ3) is 3.47. The van der Waals surface area contributed by atoms with Crippen molar-refractivity contribution in [3.8, 4) is 11.3 Å². The van der Waals surface area contributed by atoms with Gasteiger partial charge in [-0.2, -0.15) is 0 Å². The van der Waals surface area contributed by atoms with Crippen molar-refractivity contribution < 1.29 is 4.79 Å². The number of hydrogen-bond donors (Lipinski definition) is 2. The summed E-state index contributed by atoms with van der Waals surface area (Å²) in [5.74, 6) is 1.16. The van der Waals surface area contributed by atoms with E-state index in [1.54, 1.807) is 0 Å². The highest BCUT2D eigenvalue weighted by molar-refractivity contribution is 5.90. The van der Waals surface area contributed by atoms with Crippen molar-refractivity contribution in [1.29, 1.82) is 0 Å². The Balaban J connectivity index is 1.24. The summed E-state index contributed by atoms with van der Waals surface area (Å²) in [6, 6.07) is 22.1. The molecule has 5 heteroatoms. The molecular weight excluding hydrogens is 360 g/mol. The summed E-state index contributed by atoms with van der Waals surface area (Å²) in [6.45, 7) is 1.51. The number of benzene rings is 3. The van der Waals surface area contributed by atoms with Crippen molar-refractivity contribution in [2.24, 2.45) is 0 Å². The monoisotopic (exact) mass is 382 g/mol. The first kappa shape index (κ1) is 17.5. The molecule has 1 aliphatic rings. The van der Waals surface area contributed by atoms with Crippen LogP contribution in [0.15, 0.2) is 72.9 Å². The van der Waals surface area contributed by atoms with Crippen molar-refractivity contribution in [2.75, 3.05) is 5.32 Å². The van der Waals surface area contributed by atoms with E-state index in [1.807, 2.05) is 54.7 Å². The van der Waals surface area contributed by atoms with E-state index in [0.717, 1.165) is 53.1 Å². The minimum atomic E-state index is -0.212. The molecule has 0 bridgehead atoms. The van der Waals surface area contributed by atoms with E-state index in [-0.39, 0.29) is 6.03 Å². The summed E-state index contributed by atoms with van der Waals surface area (Å²) in [5.41, 5.74) is 4.13. The van der Waals surface area contributed by atoms with E-state index in [4.69, 9.17) is 0 Å². The third-order valence-electron chi connectivity index (χ3n) is 5.48. The smallest absolute Gasteiger partial charge is 0.319 e. The first-order valence-corrected chi connectivity index (χ1v) is 9.94. The lowest BCUT2D eigenvalue weighted by Crippen LogP contribution is -2.28. The molecule has 0 radical (unpaired) electrons. The van der Waals surface area contributed by atoms with E-state index < -0.39 is 0 Å². The number of nitrogens with one attached hydrogen (secondary N) is 2. The summed E-state index contributed by atoms with van der Waals surface area (Å²) < 4.78 is 2.28. The van der Waals surface area contributed by atoms with E-state index in [2.05, 4.69) is 38.4 Å². The molecular formula is C24H22N4O. The van der Waals surface area contributed by atoms with Gasteiger partial charge in [0.05, 0.1) is 11.9 Å². The SMILES string of the molecule is O=C(NCc1cccc2ccccc12)Nc1ccc(-c2cnc3n2CCC3)cc1. The molecule has 0 fully saturated rings. The fraction of sp³-hybridized carbons (Fsp3) is 0.167. The molecule has 0 aliphatic carbocycles. The highest BCUT2D eigenvalue weighted by Gasteiger charge is 2.16. The van der Waals surface area contributed by atoms with Crippen molar-refractivity contribution in [3.05, 3.63) is 84.3 Å². The van der Waals surface area contributed by atoms with Gasteiger partial charge in [-0.05, 0) is 40.5 Å². The largest absolute Gasteiger partial charge is 0.334 e. The summed E-state index contributed by atoms with van der Waals surface area (Å²) in [6.07, 6.45) is 4.15. The number of rotatable bonds is 4. The number of fused-ring (bicyclic) bond motifs is 2. The zero-order chi connectivity index (χ0) is 19.6. The molecule has 5 nitrogen and oxygen atoms in total. The summed E-state index contributed by atoms with van der Waals surface area (Å²) in [7, 11) is 0. The lowest BCUT2D eigenvalue weighted by molar-refractivity contribution is 0.252. The van der Waals surface area contributed by atoms with Gasteiger partial charge < -0.3 is 15.2 Å². The quantitative estimate of drug-likeness (QED) is 0.523. The van der Waals surface area contributed by atoms with E-state index in [1.165, 1.54) is 5.39 Å². The topological polar surface area (TPSA) is 59.0 Å². The van der Waals surface area contributed by atoms with Gasteiger partial charge in [0.1, 0.15) is 5.82 Å². The van der Waals surface area contributed by atoms with Gasteiger partial charge in [-0.1, -0.05) is 54.6 Å². The van der Waals surface area contributed by atoms with Crippen LogP contribution < -0.4 is 10.6 Å². The maximum absolute atomic E-state index is 12.4. The zero-order valence-corrected chi connectivity index (χ0v) is 16.1. The fourth-order valence-corrected chi connectivity index (χ4v) is 4.01. The Morgan fingerprint density at radius 3 is 2.72 bits per heavy atom. The number of carbonyl (C=O) groups excluding carboxylic acids is 1. The van der Waals surface area contributed by atoms with E-state index in [9.17, 15) is 4.79 Å². The fourth-order valence-electron chi connectivity index (χ4n) is 4.01. The second-order valence-corrected chi connectivity index (χ2v) is 7.34. The van der Waals surface area contributed by atoms with Crippen LogP contribution >= 0.6 is 0 Å². The molecule has 4 aromatic rings. The maximum Gasteiger partial charge on any atom is 0.319 e. The van der Waals surface area contributed by atoms with Gasteiger partial charge in [-0.25, -0.2) is 9.78 Å². The maximum atomic E-state index is 12.4. The molecule has 3 aromatic carbocycles. The third-order valence-corrected chi connectivity index (χ3v) is 5.48. The first-order valence-electron chi connectivity index (χ1n) is 9.94. The number of urea groups is 1. The molecule has 1 aliphatic heterocycles. The second kappa shape index (κ2) is 7.43. The van der Waals surface area contributed by atoms with Crippen LogP contribution in [0, 0.1) is 0 Å². The van der Waals surface area contributed by atoms with Crippen LogP contribution in [-0.4, -0.2) is 15.6 Å². The number of carbonyl (C=O) groups is 1. The Labute approximate surface area is 169 Å². The molecule has 0 saturated carbocycles. The lowest BCUT2D eigenvalue weighted by atomic mass is 10.0. The molecule has 0 unspecified atom stereocenters. The van der Waals surface area contributed by atoms with Gasteiger partial charge in [0.25, 0.3) is 0 Å². The molecule has 2 heterocycles. The van der Waals surface area contributed by atoms with Crippen LogP contribution in [-0.2, 0) is 19.5 Å². The normalized spacial score (nSPS) is 12.7. The Hall–Kier alpha value is -3.60. The molecule has 144 valence electrons. The Bertz CT molecular complexity index is 1170. The molecule has 5 rings (SSSR count). The Morgan fingerprint density at radius 2 is 1.83 bits per heavy atom. The number of amides is 2. The highest BCUT2D eigenvalue weighted by atomic mass is 16.2. The van der Waals surface area contributed by atoms with Crippen molar-refractivity contribution in [2.45, 2.75) is 25.9 Å². The minimum Gasteiger partial charge on any atom is -0.334 e. The summed E-state index contributed by atoms with van der Waals surface area (Å²) in [4.78, 5) is 16.9. The molecule has 29 heavy (non-hydrogen) atoms. The number of imidazole rings is 1. The van der Waals surface area contributed by atoms with Gasteiger partial charge >= 0.3 is 6.03 Å². The van der Waals surface area contributed by atoms with Crippen LogP contribution in [0.3, 0.4) is 0 Å². The zero-order valence-electron chi connectivity index (χ0n) is 16.1. The molecule has 1 aromatic heterocycles. The van der Waals surface area contributed by atoms with Gasteiger partial charge in [0.2, 0.25) is 0 Å². The van der Waals surface area contributed by atoms with Gasteiger partial charge in [0, 0.05) is 25.2 Å². The molecule has 0 atom stereocenters. The molecule has 0 saturated heterocycles. The second-order valence-electron chi connectivity index (χ2n) is 7.34. The molecule has 2 N–H and O–H groups in total. The average molecular weight is 382 g/mol. The predicted octanol–water partition coefficient (Wildman–Crippen LogP) is 4.97. The average Bonchev–Trinajstić information content (AvgIpc) is 3.37.